The van der Waals surface area contributed by atoms with Gasteiger partial charge in [0.05, 0.1) is 6.61 Å². The Bertz CT molecular complexity index is 278. The van der Waals surface area contributed by atoms with Crippen LogP contribution in [0.15, 0.2) is 0 Å². The van der Waals surface area contributed by atoms with Gasteiger partial charge in [0.2, 0.25) is 0 Å². The summed E-state index contributed by atoms with van der Waals surface area (Å²) in [5, 5.41) is 0. The van der Waals surface area contributed by atoms with E-state index < -0.39 is 17.5 Å². The van der Waals surface area contributed by atoms with Crippen LogP contribution < -0.4 is 0 Å². The molecule has 0 spiro atoms. The van der Waals surface area contributed by atoms with Crippen LogP contribution in [0.25, 0.3) is 5.53 Å². The van der Waals surface area contributed by atoms with Crippen molar-refractivity contribution in [2.75, 3.05) is 6.61 Å². The van der Waals surface area contributed by atoms with Crippen LogP contribution in [0.5, 0.6) is 0 Å². The van der Waals surface area contributed by atoms with Crippen molar-refractivity contribution in [1.82, 2.24) is 0 Å². The van der Waals surface area contributed by atoms with Gasteiger partial charge in [0, 0.05) is 6.42 Å². The molecular formula is C9H14N2O3. The molecule has 0 aliphatic rings. The van der Waals surface area contributed by atoms with Gasteiger partial charge in [-0.2, -0.15) is 4.79 Å². The van der Waals surface area contributed by atoms with Gasteiger partial charge in [0.15, 0.2) is 0 Å². The molecule has 0 aliphatic heterocycles. The van der Waals surface area contributed by atoms with Crippen molar-refractivity contribution < 1.29 is 19.1 Å². The van der Waals surface area contributed by atoms with E-state index in [2.05, 4.69) is 9.53 Å². The first-order chi connectivity index (χ1) is 6.52. The van der Waals surface area contributed by atoms with Crippen LogP contribution in [-0.2, 0) is 14.3 Å². The predicted molar refractivity (Wildman–Crippen MR) is 49.7 cm³/mol. The zero-order valence-corrected chi connectivity index (χ0v) is 8.61. The van der Waals surface area contributed by atoms with E-state index in [1.807, 2.05) is 13.8 Å². The fraction of sp³-hybridized carbons (Fsp3) is 0.667. The average molecular weight is 198 g/mol. The van der Waals surface area contributed by atoms with Crippen molar-refractivity contribution in [3.63, 3.8) is 0 Å². The lowest BCUT2D eigenvalue weighted by atomic mass is 10.0. The molecule has 5 heteroatoms. The summed E-state index contributed by atoms with van der Waals surface area (Å²) in [6.45, 7) is 5.42. The van der Waals surface area contributed by atoms with E-state index in [-0.39, 0.29) is 18.9 Å². The van der Waals surface area contributed by atoms with Crippen LogP contribution in [0, 0.1) is 5.92 Å². The SMILES string of the molecule is CCOC(=O)C(=[N+]=[N-])C(=O)CC(C)C. The second-order valence-corrected chi connectivity index (χ2v) is 3.19. The fourth-order valence-corrected chi connectivity index (χ4v) is 0.877. The monoisotopic (exact) mass is 198 g/mol. The summed E-state index contributed by atoms with van der Waals surface area (Å²) in [6.07, 6.45) is 0.165. The van der Waals surface area contributed by atoms with E-state index in [1.165, 1.54) is 0 Å². The molecule has 5 nitrogen and oxygen atoms in total. The highest BCUT2D eigenvalue weighted by Gasteiger charge is 2.30. The standard InChI is InChI=1S/C9H14N2O3/c1-4-14-9(13)8(11-10)7(12)5-6(2)3/h6H,4-5H2,1-3H3. The van der Waals surface area contributed by atoms with Gasteiger partial charge in [-0.05, 0) is 12.8 Å². The zero-order valence-electron chi connectivity index (χ0n) is 8.61. The Morgan fingerprint density at radius 3 is 2.36 bits per heavy atom. The average Bonchev–Trinajstić information content (AvgIpc) is 2.04. The highest BCUT2D eigenvalue weighted by Crippen LogP contribution is 2.01. The highest BCUT2D eigenvalue weighted by atomic mass is 16.5. The lowest BCUT2D eigenvalue weighted by molar-refractivity contribution is -0.141. The van der Waals surface area contributed by atoms with Crippen molar-refractivity contribution in [3.05, 3.63) is 5.53 Å². The second-order valence-electron chi connectivity index (χ2n) is 3.19. The molecule has 0 radical (unpaired) electrons. The van der Waals surface area contributed by atoms with Gasteiger partial charge < -0.3 is 10.3 Å². The number of rotatable bonds is 5. The summed E-state index contributed by atoms with van der Waals surface area (Å²) in [7, 11) is 0. The molecule has 14 heavy (non-hydrogen) atoms. The van der Waals surface area contributed by atoms with Gasteiger partial charge in [0.1, 0.15) is 0 Å². The van der Waals surface area contributed by atoms with Gasteiger partial charge in [-0.3, -0.25) is 4.79 Å². The number of nitrogens with zero attached hydrogens (tertiary/aromatic N) is 2. The third kappa shape index (κ3) is 3.96. The Morgan fingerprint density at radius 1 is 1.43 bits per heavy atom. The second kappa shape index (κ2) is 6.05. The molecule has 0 unspecified atom stereocenters. The van der Waals surface area contributed by atoms with Gasteiger partial charge >= 0.3 is 11.7 Å². The topological polar surface area (TPSA) is 79.8 Å². The maximum Gasteiger partial charge on any atom is 0.441 e. The summed E-state index contributed by atoms with van der Waals surface area (Å²) in [4.78, 5) is 25.0. The number of ether oxygens (including phenoxy) is 1. The molecule has 0 atom stereocenters. The molecule has 0 aromatic rings. The molecule has 0 amide bonds. The number of ketones is 1. The molecule has 0 rings (SSSR count). The minimum Gasteiger partial charge on any atom is -0.457 e. The Labute approximate surface area is 82.7 Å². The molecule has 0 saturated carbocycles. The van der Waals surface area contributed by atoms with Gasteiger partial charge in [-0.1, -0.05) is 13.8 Å². The molecule has 78 valence electrons. The Morgan fingerprint density at radius 2 is 2.00 bits per heavy atom. The molecule has 0 aliphatic carbocycles. The molecule has 0 heterocycles. The van der Waals surface area contributed by atoms with E-state index in [4.69, 9.17) is 5.53 Å². The summed E-state index contributed by atoms with van der Waals surface area (Å²) < 4.78 is 4.55. The number of hydrogen-bond acceptors (Lipinski definition) is 3. The zero-order chi connectivity index (χ0) is 11.1. The normalized spacial score (nSPS) is 9.43. The van der Waals surface area contributed by atoms with Gasteiger partial charge in [-0.25, -0.2) is 4.79 Å². The maximum absolute atomic E-state index is 11.3. The van der Waals surface area contributed by atoms with E-state index in [9.17, 15) is 9.59 Å². The molecule has 0 fully saturated rings. The molecule has 0 aromatic carbocycles. The molecule has 0 N–H and O–H groups in total. The Kier molecular flexibility index (Phi) is 5.41. The van der Waals surface area contributed by atoms with E-state index >= 15 is 0 Å². The largest absolute Gasteiger partial charge is 0.457 e. The van der Waals surface area contributed by atoms with E-state index in [0.29, 0.717) is 0 Å². The predicted octanol–water partition coefficient (Wildman–Crippen LogP) is 0.835. The van der Waals surface area contributed by atoms with Crippen LogP contribution in [0.4, 0.5) is 0 Å². The van der Waals surface area contributed by atoms with Crippen molar-refractivity contribution in [2.45, 2.75) is 27.2 Å². The quantitative estimate of drug-likeness (QED) is 0.216. The van der Waals surface area contributed by atoms with Crippen molar-refractivity contribution in [3.8, 4) is 0 Å². The fourth-order valence-electron chi connectivity index (χ4n) is 0.877. The number of carbonyl (C=O) groups is 2. The first kappa shape index (κ1) is 12.5. The third-order valence-electron chi connectivity index (χ3n) is 1.43. The lowest BCUT2D eigenvalue weighted by Gasteiger charge is -1.99. The summed E-state index contributed by atoms with van der Waals surface area (Å²) in [6, 6.07) is 0. The Hall–Kier alpha value is -1.48. The first-order valence-electron chi connectivity index (χ1n) is 4.45. The number of carbonyl (C=O) groups excluding carboxylic acids is 2. The van der Waals surface area contributed by atoms with Crippen molar-refractivity contribution in [1.29, 1.82) is 0 Å². The molecule has 0 saturated heterocycles. The maximum atomic E-state index is 11.3. The smallest absolute Gasteiger partial charge is 0.441 e. The number of Topliss-reactive ketones (excluding diaryl/α,β-unsaturated/α-hetero) is 1. The van der Waals surface area contributed by atoms with E-state index in [1.54, 1.807) is 6.92 Å². The summed E-state index contributed by atoms with van der Waals surface area (Å²) in [5.74, 6) is -1.27. The third-order valence-corrected chi connectivity index (χ3v) is 1.43. The van der Waals surface area contributed by atoms with Gasteiger partial charge in [-0.15, -0.1) is 0 Å². The first-order valence-corrected chi connectivity index (χ1v) is 4.45. The van der Waals surface area contributed by atoms with Crippen molar-refractivity contribution >= 4 is 17.5 Å². The Balaban J connectivity index is 4.51. The minimum absolute atomic E-state index is 0.105. The molecular weight excluding hydrogens is 184 g/mol. The summed E-state index contributed by atoms with van der Waals surface area (Å²) >= 11 is 0. The van der Waals surface area contributed by atoms with E-state index in [0.717, 1.165) is 0 Å². The lowest BCUT2D eigenvalue weighted by Crippen LogP contribution is -2.28. The van der Waals surface area contributed by atoms with Crippen LogP contribution in [0.1, 0.15) is 27.2 Å². The molecule has 0 bridgehead atoms. The van der Waals surface area contributed by atoms with Crippen LogP contribution in [-0.4, -0.2) is 28.9 Å². The number of esters is 1. The number of hydrogen-bond donors (Lipinski definition) is 0. The minimum atomic E-state index is -0.874. The van der Waals surface area contributed by atoms with Crippen LogP contribution in [0.2, 0.25) is 0 Å². The summed E-state index contributed by atoms with van der Waals surface area (Å²) in [5.41, 5.74) is 7.95. The molecule has 0 aromatic heterocycles. The van der Waals surface area contributed by atoms with Crippen molar-refractivity contribution in [2.24, 2.45) is 5.92 Å². The van der Waals surface area contributed by atoms with Gasteiger partial charge in [0.25, 0.3) is 5.78 Å². The highest BCUT2D eigenvalue weighted by molar-refractivity contribution is 6.62. The van der Waals surface area contributed by atoms with Crippen LogP contribution in [0.3, 0.4) is 0 Å². The van der Waals surface area contributed by atoms with Crippen LogP contribution >= 0.6 is 0 Å².